The van der Waals surface area contributed by atoms with Crippen LogP contribution in [0.4, 0.5) is 0 Å². The van der Waals surface area contributed by atoms with Gasteiger partial charge in [-0.25, -0.2) is 10.1 Å². The zero-order chi connectivity index (χ0) is 21.1. The van der Waals surface area contributed by atoms with Gasteiger partial charge in [0.15, 0.2) is 0 Å². The topological polar surface area (TPSA) is 88.4 Å². The second-order valence-electron chi connectivity index (χ2n) is 7.01. The first-order valence-corrected chi connectivity index (χ1v) is 9.90. The van der Waals surface area contributed by atoms with Crippen molar-refractivity contribution in [3.8, 4) is 5.69 Å². The van der Waals surface area contributed by atoms with E-state index in [9.17, 15) is 9.59 Å². The number of hydrazone groups is 1. The summed E-state index contributed by atoms with van der Waals surface area (Å²) in [4.78, 5) is 24.9. The van der Waals surface area contributed by atoms with Gasteiger partial charge in [-0.15, -0.1) is 0 Å². The third-order valence-electron chi connectivity index (χ3n) is 5.11. The van der Waals surface area contributed by atoms with Crippen molar-refractivity contribution in [2.45, 2.75) is 12.8 Å². The van der Waals surface area contributed by atoms with Crippen LogP contribution in [0.25, 0.3) is 5.69 Å². The molecule has 1 aliphatic heterocycles. The van der Waals surface area contributed by atoms with Crippen molar-refractivity contribution < 1.29 is 9.59 Å². The molecule has 2 N–H and O–H groups in total. The second-order valence-corrected chi connectivity index (χ2v) is 7.37. The van der Waals surface area contributed by atoms with Gasteiger partial charge in [0.05, 0.1) is 23.2 Å². The molecule has 4 rings (SSSR count). The maximum absolute atomic E-state index is 12.7. The fourth-order valence-corrected chi connectivity index (χ4v) is 3.88. The maximum atomic E-state index is 12.7. The third-order valence-corrected chi connectivity index (χ3v) is 5.47. The van der Waals surface area contributed by atoms with E-state index in [1.807, 2.05) is 67.6 Å². The van der Waals surface area contributed by atoms with E-state index in [1.54, 1.807) is 4.68 Å². The summed E-state index contributed by atoms with van der Waals surface area (Å²) in [5.74, 6) is -1.84. The first-order chi connectivity index (χ1) is 14.6. The van der Waals surface area contributed by atoms with Crippen LogP contribution in [0.1, 0.15) is 22.7 Å². The molecule has 2 amide bonds. The predicted molar refractivity (Wildman–Crippen MR) is 115 cm³/mol. The Morgan fingerprint density at radius 2 is 1.87 bits per heavy atom. The number of halogens is 1. The lowest BCUT2D eigenvalue weighted by molar-refractivity contribution is -0.133. The number of carbonyl (C=O) groups excluding carboxylic acids is 2. The Hall–Kier alpha value is -3.45. The minimum atomic E-state index is -0.840. The van der Waals surface area contributed by atoms with Crippen molar-refractivity contribution in [2.75, 3.05) is 6.54 Å². The van der Waals surface area contributed by atoms with Gasteiger partial charge in [0.2, 0.25) is 5.91 Å². The number of amides is 2. The molecule has 0 aliphatic carbocycles. The van der Waals surface area contributed by atoms with Gasteiger partial charge in [-0.3, -0.25) is 9.59 Å². The van der Waals surface area contributed by atoms with Crippen LogP contribution in [0.2, 0.25) is 5.15 Å². The fraction of sp³-hybridized carbons (Fsp3) is 0.182. The Kier molecular flexibility index (Phi) is 5.63. The monoisotopic (exact) mass is 421 g/mol. The zero-order valence-electron chi connectivity index (χ0n) is 16.2. The van der Waals surface area contributed by atoms with E-state index in [2.05, 4.69) is 20.9 Å². The molecule has 0 radical (unpaired) electrons. The summed E-state index contributed by atoms with van der Waals surface area (Å²) in [7, 11) is 0. The van der Waals surface area contributed by atoms with Crippen molar-refractivity contribution >= 4 is 29.6 Å². The van der Waals surface area contributed by atoms with Crippen molar-refractivity contribution in [3.63, 3.8) is 0 Å². The first kappa shape index (κ1) is 19.8. The molecule has 7 nitrogen and oxygen atoms in total. The zero-order valence-corrected chi connectivity index (χ0v) is 17.0. The van der Waals surface area contributed by atoms with E-state index < -0.39 is 11.8 Å². The Balaban J connectivity index is 1.50. The van der Waals surface area contributed by atoms with E-state index >= 15 is 0 Å². The van der Waals surface area contributed by atoms with Crippen LogP contribution in [0, 0.1) is 12.8 Å². The van der Waals surface area contributed by atoms with Gasteiger partial charge >= 0.3 is 0 Å². The number of nitrogens with one attached hydrogen (secondary N) is 2. The number of aryl methyl sites for hydroxylation is 1. The molecule has 152 valence electrons. The number of nitrogens with zero attached hydrogens (tertiary/aromatic N) is 3. The first-order valence-electron chi connectivity index (χ1n) is 9.52. The van der Waals surface area contributed by atoms with Crippen molar-refractivity contribution in [1.82, 2.24) is 20.5 Å². The van der Waals surface area contributed by atoms with E-state index in [4.69, 9.17) is 11.6 Å². The van der Waals surface area contributed by atoms with Crippen molar-refractivity contribution in [1.29, 1.82) is 0 Å². The summed E-state index contributed by atoms with van der Waals surface area (Å²) in [5.41, 5.74) is 5.50. The number of hydrogen-bond acceptors (Lipinski definition) is 4. The third kappa shape index (κ3) is 3.84. The molecule has 3 aromatic rings. The van der Waals surface area contributed by atoms with Crippen LogP contribution in [0.15, 0.2) is 65.8 Å². The fourth-order valence-electron chi connectivity index (χ4n) is 3.56. The minimum absolute atomic E-state index is 0.236. The van der Waals surface area contributed by atoms with Crippen LogP contribution in [0.3, 0.4) is 0 Å². The van der Waals surface area contributed by atoms with Gasteiger partial charge in [0.25, 0.3) is 5.91 Å². The van der Waals surface area contributed by atoms with E-state index in [0.29, 0.717) is 23.0 Å². The molecule has 2 atom stereocenters. The molecule has 1 aromatic heterocycles. The van der Waals surface area contributed by atoms with Gasteiger partial charge in [-0.2, -0.15) is 10.2 Å². The number of hydrogen-bond donors (Lipinski definition) is 2. The molecule has 0 saturated carbocycles. The summed E-state index contributed by atoms with van der Waals surface area (Å²) in [6.07, 6.45) is 1.45. The SMILES string of the molecule is Cc1nn(-c2ccccc2)c(Cl)c1/C=N\NC(=O)[C@@H]1C(=O)NC[C@@H]1c1ccccc1. The highest BCUT2D eigenvalue weighted by molar-refractivity contribution is 6.32. The molecule has 1 saturated heterocycles. The molecule has 0 unspecified atom stereocenters. The van der Waals surface area contributed by atoms with Gasteiger partial charge < -0.3 is 5.32 Å². The molecule has 2 aromatic carbocycles. The smallest absolute Gasteiger partial charge is 0.253 e. The average molecular weight is 422 g/mol. The Labute approximate surface area is 178 Å². The van der Waals surface area contributed by atoms with Crippen LogP contribution in [0.5, 0.6) is 0 Å². The summed E-state index contributed by atoms with van der Waals surface area (Å²) < 4.78 is 1.61. The largest absolute Gasteiger partial charge is 0.355 e. The van der Waals surface area contributed by atoms with Gasteiger partial charge in [-0.05, 0) is 24.6 Å². The maximum Gasteiger partial charge on any atom is 0.253 e. The Morgan fingerprint density at radius 3 is 2.57 bits per heavy atom. The lowest BCUT2D eigenvalue weighted by Crippen LogP contribution is -2.34. The minimum Gasteiger partial charge on any atom is -0.355 e. The molecule has 1 aliphatic rings. The Bertz CT molecular complexity index is 1100. The molecule has 1 fully saturated rings. The van der Waals surface area contributed by atoms with Crippen LogP contribution in [-0.2, 0) is 9.59 Å². The Morgan fingerprint density at radius 1 is 1.20 bits per heavy atom. The lowest BCUT2D eigenvalue weighted by Gasteiger charge is -2.15. The number of benzene rings is 2. The van der Waals surface area contributed by atoms with E-state index in [-0.39, 0.29) is 11.8 Å². The summed E-state index contributed by atoms with van der Waals surface area (Å²) >= 11 is 6.47. The number of rotatable bonds is 5. The van der Waals surface area contributed by atoms with Crippen LogP contribution < -0.4 is 10.7 Å². The highest BCUT2D eigenvalue weighted by Crippen LogP contribution is 2.29. The van der Waals surface area contributed by atoms with E-state index in [1.165, 1.54) is 6.21 Å². The van der Waals surface area contributed by atoms with Crippen molar-refractivity contribution in [2.24, 2.45) is 11.0 Å². The normalized spacial score (nSPS) is 18.5. The predicted octanol–water partition coefficient (Wildman–Crippen LogP) is 2.81. The quantitative estimate of drug-likeness (QED) is 0.377. The molecule has 0 spiro atoms. The number of para-hydroxylation sites is 1. The summed E-state index contributed by atoms with van der Waals surface area (Å²) in [6, 6.07) is 19.0. The van der Waals surface area contributed by atoms with Gasteiger partial charge in [0, 0.05) is 12.5 Å². The number of aromatic nitrogens is 2. The van der Waals surface area contributed by atoms with E-state index in [0.717, 1.165) is 11.3 Å². The molecule has 0 bridgehead atoms. The standard InChI is InChI=1S/C22H20ClN5O2/c1-14-17(20(23)28(27-14)16-10-6-3-7-11-16)13-25-26-22(30)19-18(12-24-21(19)29)15-8-4-2-5-9-15/h2-11,13,18-19H,12H2,1H3,(H,24,29)(H,26,30)/b25-13-/t18-,19+/m1/s1. The van der Waals surface area contributed by atoms with Crippen LogP contribution >= 0.6 is 11.6 Å². The molecule has 2 heterocycles. The second kappa shape index (κ2) is 8.51. The molecule has 30 heavy (non-hydrogen) atoms. The molecule has 8 heteroatoms. The highest BCUT2D eigenvalue weighted by atomic mass is 35.5. The molecular formula is C22H20ClN5O2. The van der Waals surface area contributed by atoms with Crippen molar-refractivity contribution in [3.05, 3.63) is 82.6 Å². The summed E-state index contributed by atoms with van der Waals surface area (Å²) in [6.45, 7) is 2.23. The molecular weight excluding hydrogens is 402 g/mol. The lowest BCUT2D eigenvalue weighted by atomic mass is 9.88. The average Bonchev–Trinajstić information content (AvgIpc) is 3.29. The van der Waals surface area contributed by atoms with Gasteiger partial charge in [0.1, 0.15) is 11.1 Å². The summed E-state index contributed by atoms with van der Waals surface area (Å²) in [5, 5.41) is 11.6. The van der Waals surface area contributed by atoms with Gasteiger partial charge in [-0.1, -0.05) is 60.1 Å². The highest BCUT2D eigenvalue weighted by Gasteiger charge is 2.40. The van der Waals surface area contributed by atoms with Crippen LogP contribution in [-0.4, -0.2) is 34.4 Å². The number of carbonyl (C=O) groups is 2.